The topological polar surface area (TPSA) is 418 Å². The second kappa shape index (κ2) is 35.8. The first kappa shape index (κ1) is 81.4. The number of nitrogens with zero attached hydrogens (tertiary/aromatic N) is 11. The number of fused-ring (bicyclic) bond motifs is 9. The summed E-state index contributed by atoms with van der Waals surface area (Å²) in [7, 11) is 4.89. The van der Waals surface area contributed by atoms with E-state index in [1.165, 1.54) is 38.1 Å². The molecular weight excluding hydrogens is 1610 g/mol. The number of hydrogen-bond acceptors (Lipinski definition) is 22. The number of benzene rings is 3. The van der Waals surface area contributed by atoms with Crippen LogP contribution in [0.2, 0.25) is 0 Å². The minimum atomic E-state index is -0.998. The maximum absolute atomic E-state index is 13.2. The van der Waals surface area contributed by atoms with Crippen molar-refractivity contribution in [1.82, 2.24) is 70.3 Å². The summed E-state index contributed by atoms with van der Waals surface area (Å²) in [6, 6.07) is 20.8. The van der Waals surface area contributed by atoms with Crippen LogP contribution in [-0.2, 0) is 62.6 Å². The fourth-order valence-electron chi connectivity index (χ4n) is 13.9. The molecule has 8 heterocycles. The van der Waals surface area contributed by atoms with Gasteiger partial charge in [-0.05, 0) is 191 Å². The molecule has 2 saturated heterocycles. The summed E-state index contributed by atoms with van der Waals surface area (Å²) in [5.41, 5.74) is 36.0. The molecule has 0 unspecified atom stereocenters. The fraction of sp³-hybridized carbons (Fsp3) is 0.395. The number of carboxylic acids is 1. The molecule has 13 N–H and O–H groups in total. The van der Waals surface area contributed by atoms with Crippen LogP contribution in [0.25, 0.3) is 34.2 Å². The van der Waals surface area contributed by atoms with Crippen molar-refractivity contribution in [2.45, 2.75) is 142 Å². The molecular formula is C76H92I2N19O8V-. The van der Waals surface area contributed by atoms with Gasteiger partial charge in [0.05, 0.1) is 34.8 Å². The van der Waals surface area contributed by atoms with Gasteiger partial charge in [-0.1, -0.05) is 65.8 Å². The summed E-state index contributed by atoms with van der Waals surface area (Å²) in [6.45, 7) is 23.9. The van der Waals surface area contributed by atoms with E-state index in [1.807, 2.05) is 0 Å². The van der Waals surface area contributed by atoms with Gasteiger partial charge in [0.15, 0.2) is 17.3 Å². The van der Waals surface area contributed by atoms with E-state index < -0.39 is 5.97 Å². The van der Waals surface area contributed by atoms with E-state index in [4.69, 9.17) is 32.8 Å². The van der Waals surface area contributed by atoms with Crippen molar-refractivity contribution < 1.29 is 48.1 Å². The van der Waals surface area contributed by atoms with E-state index in [0.717, 1.165) is 70.4 Å². The molecule has 0 radical (unpaired) electrons. The number of carboxylic acid groups (broad SMARTS) is 1. The van der Waals surface area contributed by atoms with Crippen LogP contribution in [0.15, 0.2) is 91.4 Å². The first-order chi connectivity index (χ1) is 50.5. The zero-order valence-corrected chi connectivity index (χ0v) is 67.1. The number of aromatic amines is 3. The molecule has 2 aliphatic heterocycles. The number of anilines is 4. The number of nitrogens with one attached hydrogen (secondary N) is 4. The van der Waals surface area contributed by atoms with Crippen LogP contribution in [0.4, 0.5) is 23.5 Å². The molecule has 9 aromatic rings. The maximum atomic E-state index is 13.2. The molecule has 30 heteroatoms. The number of Topliss-reactive ketones (excluding diaryl/α,β-unsaturated/α-hetero) is 3. The Labute approximate surface area is 645 Å². The van der Waals surface area contributed by atoms with Crippen LogP contribution in [-0.4, -0.2) is 164 Å². The summed E-state index contributed by atoms with van der Waals surface area (Å²) >= 11 is 4.74. The Balaban J connectivity index is 0.000000170. The van der Waals surface area contributed by atoms with Crippen molar-refractivity contribution in [1.29, 1.82) is 0 Å². The summed E-state index contributed by atoms with van der Waals surface area (Å²) in [5.74, 6) is -0.740. The second-order valence-corrected chi connectivity index (χ2v) is 40.5. The van der Waals surface area contributed by atoms with E-state index in [9.17, 15) is 28.8 Å². The van der Waals surface area contributed by atoms with E-state index >= 15 is 0 Å². The molecule has 27 nitrogen and oxygen atoms in total. The summed E-state index contributed by atoms with van der Waals surface area (Å²) in [6.07, 6.45) is 12.6. The molecule has 0 spiro atoms. The number of ketones is 3. The zero-order valence-electron chi connectivity index (χ0n) is 61.4. The van der Waals surface area contributed by atoms with Crippen LogP contribution < -0.4 is 28.3 Å². The number of esters is 1. The van der Waals surface area contributed by atoms with Gasteiger partial charge in [0.1, 0.15) is 34.2 Å². The number of H-pyrrole nitrogens is 3. The Kier molecular flexibility index (Phi) is 27.5. The normalized spacial score (nSPS) is 15.6. The molecule has 0 saturated carbocycles. The summed E-state index contributed by atoms with van der Waals surface area (Å²) in [4.78, 5) is 105. The van der Waals surface area contributed by atoms with Crippen LogP contribution in [0.3, 0.4) is 0 Å². The van der Waals surface area contributed by atoms with Crippen molar-refractivity contribution in [3.05, 3.63) is 177 Å². The van der Waals surface area contributed by atoms with E-state index in [2.05, 4.69) is 178 Å². The van der Waals surface area contributed by atoms with E-state index in [1.54, 1.807) is 93.1 Å². The third-order valence-electron chi connectivity index (χ3n) is 19.3. The number of amides is 1. The second-order valence-electron chi connectivity index (χ2n) is 28.7. The molecule has 0 bridgehead atoms. The number of aromatic carboxylic acids is 1. The number of nitrogens with two attached hydrogens (primary N) is 4. The van der Waals surface area contributed by atoms with Gasteiger partial charge in [-0.3, -0.25) is 34.5 Å². The van der Waals surface area contributed by atoms with Gasteiger partial charge >= 0.3 is 61.4 Å². The predicted octanol–water partition coefficient (Wildman–Crippen LogP) is 11.4. The monoisotopic (exact) mass is 1700 g/mol. The number of hydrogen-bond donors (Lipinski definition) is 9. The third kappa shape index (κ3) is 19.7. The van der Waals surface area contributed by atoms with Crippen molar-refractivity contribution in [2.75, 3.05) is 69.4 Å². The van der Waals surface area contributed by atoms with Gasteiger partial charge in [-0.15, -0.1) is 0 Å². The number of carbonyl (C=O) groups excluding carboxylic acids is 5. The molecule has 0 atom stereocenters. The van der Waals surface area contributed by atoms with E-state index in [0.29, 0.717) is 122 Å². The number of aromatic nitrogens is 12. The number of carbonyl (C=O) groups is 6. The summed E-state index contributed by atoms with van der Waals surface area (Å²) < 4.78 is 4.99. The quantitative estimate of drug-likeness (QED) is 0.0211. The van der Waals surface area contributed by atoms with Gasteiger partial charge < -0.3 is 54.8 Å². The fourth-order valence-corrected chi connectivity index (χ4v) is 13.9. The molecule has 14 rings (SSSR count). The molecule has 559 valence electrons. The predicted molar refractivity (Wildman–Crippen MR) is 421 cm³/mol. The summed E-state index contributed by atoms with van der Waals surface area (Å²) in [5, 5.41) is 33.8. The number of ether oxygens (including phenoxy) is 1. The first-order valence-electron chi connectivity index (χ1n) is 34.9. The van der Waals surface area contributed by atoms with Crippen LogP contribution in [0, 0.1) is 12.8 Å². The molecule has 3 aromatic carbocycles. The number of likely N-dealkylation sites (tertiary alicyclic amines) is 2. The Hall–Kier alpha value is -8.73. The van der Waals surface area contributed by atoms with Crippen LogP contribution in [0.5, 0.6) is 0 Å². The Morgan fingerprint density at radius 3 is 1.29 bits per heavy atom. The van der Waals surface area contributed by atoms with Crippen molar-refractivity contribution in [3.8, 4) is 34.2 Å². The average Bonchev–Trinajstić information content (AvgIpc) is 1.54. The van der Waals surface area contributed by atoms with Gasteiger partial charge in [-0.2, -0.15) is 22.2 Å². The number of piperidine rings is 2. The van der Waals surface area contributed by atoms with Crippen molar-refractivity contribution in [2.24, 2.45) is 11.7 Å². The van der Waals surface area contributed by atoms with E-state index in [-0.39, 0.29) is 81.7 Å². The van der Waals surface area contributed by atoms with Gasteiger partial charge in [-0.25, -0.2) is 39.5 Å². The van der Waals surface area contributed by atoms with Crippen LogP contribution in [0.1, 0.15) is 195 Å². The number of rotatable bonds is 14. The average molecular weight is 1700 g/mol. The van der Waals surface area contributed by atoms with Gasteiger partial charge in [0.2, 0.25) is 17.8 Å². The molecule has 1 amide bonds. The SMILES string of the molecule is CC1(C)Cc2cnc(N)nc2-c2n[nH]c(C(=O)Cc3ccc(C(=O)O)cc3)c21.CCOC(=O)c1ccc(CC(=O)c2[nH]nc3c2C(C)(C)Cc2cnc(N)nc2-3)cc1.CN1CCC(CC(=O)c2ccc(NC(=O)c3[nH]nc4c3C(C)(C)Cc3cnc(N)nc3-4)cc2)CC1.CN1CCC(N)CC1.[CH2-]C.[I][V][I]. The minimum absolute atomic E-state index is 0.0776. The molecule has 2 fully saturated rings. The Morgan fingerprint density at radius 2 is 0.915 bits per heavy atom. The van der Waals surface area contributed by atoms with Gasteiger partial charge in [0.25, 0.3) is 5.91 Å². The van der Waals surface area contributed by atoms with Gasteiger partial charge in [0, 0.05) is 71.8 Å². The molecule has 106 heavy (non-hydrogen) atoms. The number of halogens is 2. The molecule has 6 aromatic heterocycles. The Bertz CT molecular complexity index is 4610. The third-order valence-corrected chi connectivity index (χ3v) is 19.3. The Morgan fingerprint density at radius 1 is 0.557 bits per heavy atom. The van der Waals surface area contributed by atoms with Crippen molar-refractivity contribution >= 4 is 98.7 Å². The van der Waals surface area contributed by atoms with Crippen LogP contribution >= 0.6 is 40.0 Å². The zero-order chi connectivity index (χ0) is 76.9. The van der Waals surface area contributed by atoms with Crippen molar-refractivity contribution in [3.63, 3.8) is 0 Å². The number of nitrogen functional groups attached to an aromatic ring is 3. The molecule has 5 aliphatic rings. The first-order valence-corrected chi connectivity index (χ1v) is 44.0. The standard InChI is InChI=1S/C26H31N7O2.C22H23N5O3.C20H19N5O3.C6H14N2.C2H5.2HI.V/c1-26(2)13-17-14-28-25(27)30-21(17)22-20(26)23(32-31-22)24(35)29-18-6-4-16(5-7-18)19(34)12-15-8-10-33(3)11-9-15;1-4-30-20(29)13-7-5-12(6-8-13)9-15(28)18-16-19(27-26-18)17-14(10-22(16,2)3)11-24-21(23)25-17;1-20(2)8-12-9-22-19(21)23-15(12)17-14(20)16(24-25-17)13(26)7-10-3-5-11(6-4-10)18(27)28;1-8-4-2-6(7)3-5-8;1-2;;;/h4-7,14-15H,8-13H2,1-3H3,(H,29,35)(H,31,32)(H2,27,28,30);5-8,11H,4,9-10H2,1-3H3,(H,26,27)(H2,23,24,25);3-6,9H,7-8H2,1-2H3,(H,24,25)(H,27,28)(H2,21,22,23);6H,2-5,7H2,1H3;1H2,2H3;2*1H;/q;;;;-1;;;+2/p-2. The molecule has 3 aliphatic carbocycles.